The summed E-state index contributed by atoms with van der Waals surface area (Å²) in [7, 11) is 0. The first-order valence-corrected chi connectivity index (χ1v) is 7.97. The molecule has 2 heterocycles. The largest absolute Gasteiger partial charge is 0.445 e. The number of benzene rings is 2. The molecule has 0 saturated carbocycles. The first-order chi connectivity index (χ1) is 11.3. The number of hydrogen-bond donors (Lipinski definition) is 0. The third kappa shape index (κ3) is 2.70. The summed E-state index contributed by atoms with van der Waals surface area (Å²) in [5.74, 6) is 0. The molecule has 0 bridgehead atoms. The van der Waals surface area contributed by atoms with Crippen molar-refractivity contribution in [2.24, 2.45) is 0 Å². The maximum atomic E-state index is 12.2. The van der Waals surface area contributed by atoms with Gasteiger partial charge in [-0.3, -0.25) is 0 Å². The minimum atomic E-state index is -0.258. The van der Waals surface area contributed by atoms with Gasteiger partial charge in [0.05, 0.1) is 6.54 Å². The number of epoxide rings is 1. The zero-order valence-electron chi connectivity index (χ0n) is 12.9. The third-order valence-electron chi connectivity index (χ3n) is 4.68. The van der Waals surface area contributed by atoms with E-state index in [-0.39, 0.29) is 17.8 Å². The van der Waals surface area contributed by atoms with E-state index in [1.54, 1.807) is 4.90 Å². The summed E-state index contributed by atoms with van der Waals surface area (Å²) in [5.41, 5.74) is 2.03. The Morgan fingerprint density at radius 2 is 1.83 bits per heavy atom. The van der Waals surface area contributed by atoms with E-state index in [9.17, 15) is 4.79 Å². The van der Waals surface area contributed by atoms with Crippen LogP contribution < -0.4 is 0 Å². The highest BCUT2D eigenvalue weighted by atomic mass is 16.6. The van der Waals surface area contributed by atoms with Gasteiger partial charge < -0.3 is 14.4 Å². The van der Waals surface area contributed by atoms with E-state index < -0.39 is 0 Å². The van der Waals surface area contributed by atoms with E-state index in [0.717, 1.165) is 12.0 Å². The van der Waals surface area contributed by atoms with Crippen LogP contribution in [0.1, 0.15) is 17.5 Å². The van der Waals surface area contributed by atoms with Gasteiger partial charge in [0, 0.05) is 13.0 Å². The van der Waals surface area contributed by atoms with Crippen molar-refractivity contribution in [1.82, 2.24) is 4.90 Å². The number of ether oxygens (including phenoxy) is 2. The molecule has 118 valence electrons. The molecule has 23 heavy (non-hydrogen) atoms. The molecule has 0 N–H and O–H groups in total. The van der Waals surface area contributed by atoms with E-state index in [4.69, 9.17) is 9.47 Å². The number of piperidine rings is 1. The molecule has 2 fully saturated rings. The Labute approximate surface area is 135 Å². The molecule has 0 radical (unpaired) electrons. The van der Waals surface area contributed by atoms with Gasteiger partial charge in [-0.1, -0.05) is 60.7 Å². The minimum absolute atomic E-state index is 0.0860. The molecule has 1 amide bonds. The van der Waals surface area contributed by atoms with Crippen molar-refractivity contribution < 1.29 is 14.3 Å². The highest BCUT2D eigenvalue weighted by Gasteiger charge is 2.60. The Kier molecular flexibility index (Phi) is 3.54. The van der Waals surface area contributed by atoms with E-state index in [0.29, 0.717) is 19.7 Å². The smallest absolute Gasteiger partial charge is 0.410 e. The van der Waals surface area contributed by atoms with E-state index >= 15 is 0 Å². The van der Waals surface area contributed by atoms with Gasteiger partial charge >= 0.3 is 6.09 Å². The van der Waals surface area contributed by atoms with Crippen molar-refractivity contribution >= 4 is 6.09 Å². The lowest BCUT2D eigenvalue weighted by Crippen LogP contribution is -2.42. The Morgan fingerprint density at radius 3 is 2.52 bits per heavy atom. The highest BCUT2D eigenvalue weighted by molar-refractivity contribution is 5.68. The second-order valence-electron chi connectivity index (χ2n) is 6.10. The van der Waals surface area contributed by atoms with Crippen LogP contribution in [0.4, 0.5) is 4.79 Å². The molecule has 4 rings (SSSR count). The molecule has 0 aromatic heterocycles. The fourth-order valence-electron chi connectivity index (χ4n) is 3.31. The van der Waals surface area contributed by atoms with Gasteiger partial charge in [0.1, 0.15) is 18.3 Å². The number of rotatable bonds is 3. The molecule has 0 aliphatic carbocycles. The maximum Gasteiger partial charge on any atom is 0.410 e. The second-order valence-corrected chi connectivity index (χ2v) is 6.10. The second kappa shape index (κ2) is 5.70. The number of carbonyl (C=O) groups is 1. The highest BCUT2D eigenvalue weighted by Crippen LogP contribution is 2.51. The van der Waals surface area contributed by atoms with Gasteiger partial charge in [0.25, 0.3) is 0 Å². The van der Waals surface area contributed by atoms with Crippen LogP contribution in [0.5, 0.6) is 0 Å². The number of hydrogen-bond acceptors (Lipinski definition) is 3. The van der Waals surface area contributed by atoms with Crippen LogP contribution in [0.2, 0.25) is 0 Å². The van der Waals surface area contributed by atoms with Crippen LogP contribution >= 0.6 is 0 Å². The van der Waals surface area contributed by atoms with E-state index in [2.05, 4.69) is 12.1 Å². The third-order valence-corrected chi connectivity index (χ3v) is 4.68. The number of carbonyl (C=O) groups excluding carboxylic acids is 1. The van der Waals surface area contributed by atoms with Gasteiger partial charge in [-0.05, 0) is 11.1 Å². The maximum absolute atomic E-state index is 12.2. The molecule has 2 aliphatic rings. The lowest BCUT2D eigenvalue weighted by atomic mass is 9.89. The van der Waals surface area contributed by atoms with Gasteiger partial charge in [-0.2, -0.15) is 0 Å². The van der Waals surface area contributed by atoms with Crippen molar-refractivity contribution in [3.8, 4) is 0 Å². The molecule has 2 saturated heterocycles. The predicted octanol–water partition coefficient (Wildman–Crippen LogP) is 3.32. The van der Waals surface area contributed by atoms with Crippen molar-refractivity contribution in [3.63, 3.8) is 0 Å². The fourth-order valence-corrected chi connectivity index (χ4v) is 3.31. The van der Waals surface area contributed by atoms with Gasteiger partial charge in [-0.25, -0.2) is 4.79 Å². The number of likely N-dealkylation sites (tertiary alicyclic amines) is 1. The summed E-state index contributed by atoms with van der Waals surface area (Å²) in [6, 6.07) is 20.0. The Hall–Kier alpha value is -2.33. The Balaban J connectivity index is 1.34. The van der Waals surface area contributed by atoms with Crippen LogP contribution in [0.25, 0.3) is 0 Å². The van der Waals surface area contributed by atoms with E-state index in [1.165, 1.54) is 5.56 Å². The summed E-state index contributed by atoms with van der Waals surface area (Å²) in [5, 5.41) is 0. The summed E-state index contributed by atoms with van der Waals surface area (Å²) >= 11 is 0. The molecule has 2 aliphatic heterocycles. The number of fused-ring (bicyclic) bond motifs is 1. The first kappa shape index (κ1) is 14.3. The predicted molar refractivity (Wildman–Crippen MR) is 85.8 cm³/mol. The number of amides is 1. The zero-order valence-corrected chi connectivity index (χ0v) is 12.9. The summed E-state index contributed by atoms with van der Waals surface area (Å²) < 4.78 is 11.3. The van der Waals surface area contributed by atoms with Crippen LogP contribution in [-0.2, 0) is 21.7 Å². The Morgan fingerprint density at radius 1 is 1.13 bits per heavy atom. The number of nitrogens with zero attached hydrogens (tertiary/aromatic N) is 1. The van der Waals surface area contributed by atoms with Gasteiger partial charge in [0.2, 0.25) is 0 Å². The summed E-state index contributed by atoms with van der Waals surface area (Å²) in [6.07, 6.45) is 0.649. The molecule has 2 atom stereocenters. The normalized spacial score (nSPS) is 25.6. The van der Waals surface area contributed by atoms with Crippen LogP contribution in [0.3, 0.4) is 0 Å². The van der Waals surface area contributed by atoms with E-state index in [1.807, 2.05) is 48.5 Å². The fraction of sp³-hybridized carbons (Fsp3) is 0.316. The summed E-state index contributed by atoms with van der Waals surface area (Å²) in [4.78, 5) is 14.0. The molecule has 0 unspecified atom stereocenters. The molecule has 4 heteroatoms. The van der Waals surface area contributed by atoms with Crippen LogP contribution in [0.15, 0.2) is 60.7 Å². The molecule has 2 aromatic rings. The molecular weight excluding hydrogens is 290 g/mol. The van der Waals surface area contributed by atoms with Crippen molar-refractivity contribution in [2.75, 3.05) is 13.1 Å². The van der Waals surface area contributed by atoms with Crippen molar-refractivity contribution in [3.05, 3.63) is 71.8 Å². The lowest BCUT2D eigenvalue weighted by molar-refractivity contribution is 0.0896. The molecular formula is C19H19NO3. The molecule has 0 spiro atoms. The lowest BCUT2D eigenvalue weighted by Gasteiger charge is -2.28. The standard InChI is InChI=1S/C19H19NO3/c21-18(22-14-15-7-3-1-4-8-15)20-12-11-19(17(13-20)23-19)16-9-5-2-6-10-16/h1-10,17H,11-14H2/t17-,19-/m0/s1. The average molecular weight is 309 g/mol. The SMILES string of the molecule is O=C(OCc1ccccc1)N1CC[C@@]2(c3ccccc3)O[C@H]2C1. The molecule has 4 nitrogen and oxygen atoms in total. The molecule has 2 aromatic carbocycles. The zero-order chi connectivity index (χ0) is 15.7. The monoisotopic (exact) mass is 309 g/mol. The quantitative estimate of drug-likeness (QED) is 0.817. The Bertz CT molecular complexity index is 688. The van der Waals surface area contributed by atoms with Crippen LogP contribution in [0, 0.1) is 0 Å². The van der Waals surface area contributed by atoms with Crippen LogP contribution in [-0.4, -0.2) is 30.2 Å². The van der Waals surface area contributed by atoms with Crippen molar-refractivity contribution in [1.29, 1.82) is 0 Å². The topological polar surface area (TPSA) is 42.1 Å². The summed E-state index contributed by atoms with van der Waals surface area (Å²) in [6.45, 7) is 1.58. The van der Waals surface area contributed by atoms with Crippen molar-refractivity contribution in [2.45, 2.75) is 24.7 Å². The minimum Gasteiger partial charge on any atom is -0.445 e. The first-order valence-electron chi connectivity index (χ1n) is 7.97. The average Bonchev–Trinajstić information content (AvgIpc) is 3.36. The van der Waals surface area contributed by atoms with Gasteiger partial charge in [-0.15, -0.1) is 0 Å². The van der Waals surface area contributed by atoms with Gasteiger partial charge in [0.15, 0.2) is 0 Å².